The van der Waals surface area contributed by atoms with Crippen molar-refractivity contribution in [2.45, 2.75) is 36.2 Å². The van der Waals surface area contributed by atoms with Gasteiger partial charge in [0.05, 0.1) is 28.9 Å². The lowest BCUT2D eigenvalue weighted by atomic mass is 10.1. The minimum atomic E-state index is -6.22. The van der Waals surface area contributed by atoms with Gasteiger partial charge < -0.3 is 10.1 Å². The summed E-state index contributed by atoms with van der Waals surface area (Å²) in [7, 11) is -6.22. The number of alkyl halides is 8. The molecule has 0 aliphatic rings. The average Bonchev–Trinajstić information content (AvgIpc) is 3.27. The van der Waals surface area contributed by atoms with Crippen LogP contribution >= 0.6 is 0 Å². The quantitative estimate of drug-likeness (QED) is 0.435. The predicted octanol–water partition coefficient (Wildman–Crippen LogP) is 3.46. The van der Waals surface area contributed by atoms with Crippen LogP contribution in [0.5, 0.6) is 5.75 Å². The van der Waals surface area contributed by atoms with Gasteiger partial charge in [-0.2, -0.15) is 44.9 Å². The summed E-state index contributed by atoms with van der Waals surface area (Å²) in [5, 5.41) is 5.94. The summed E-state index contributed by atoms with van der Waals surface area (Å²) in [5.74, 6) is -2.15. The molecule has 200 valence electrons. The Morgan fingerprint density at radius 3 is 2.19 bits per heavy atom. The largest absolute Gasteiger partial charge is 0.501 e. The van der Waals surface area contributed by atoms with E-state index in [1.54, 1.807) is 0 Å². The van der Waals surface area contributed by atoms with Gasteiger partial charge in [-0.1, -0.05) is 0 Å². The maximum Gasteiger partial charge on any atom is 0.501 e. The van der Waals surface area contributed by atoms with Gasteiger partial charge >= 0.3 is 18.3 Å². The molecular formula is C18H12F8N6O4S. The van der Waals surface area contributed by atoms with Gasteiger partial charge in [0, 0.05) is 5.56 Å². The number of carbonyl (C=O) groups is 1. The first-order chi connectivity index (χ1) is 17.0. The Kier molecular flexibility index (Phi) is 7.38. The maximum absolute atomic E-state index is 13.2. The van der Waals surface area contributed by atoms with Crippen molar-refractivity contribution < 1.29 is 53.1 Å². The molecule has 0 spiro atoms. The summed E-state index contributed by atoms with van der Waals surface area (Å²) in [6.45, 7) is -1.89. The zero-order chi connectivity index (χ0) is 27.8. The third kappa shape index (κ3) is 6.09. The molecule has 3 rings (SSSR count). The SMILES string of the molecule is CC(NC(=O)c1cc(C(F)(F)F)cc(S(=O)(=O)C(F)(F)F)c1)c1ncnn1-c1ncc(OC(F)F)cn1. The molecular weight excluding hydrogens is 548 g/mol. The number of hydrogen-bond donors (Lipinski definition) is 1. The summed E-state index contributed by atoms with van der Waals surface area (Å²) < 4.78 is 131. The second kappa shape index (κ2) is 9.87. The molecule has 1 amide bonds. The standard InChI is InChI=1S/C18H12F8N6O4S/c1-8(13-29-7-30-32(13)16-27-5-11(6-28-16)36-15(19)20)31-14(33)9-2-10(17(21,22)23)4-12(3-9)37(34,35)18(24,25)26/h2-8,15H,1H3,(H,31,33). The van der Waals surface area contributed by atoms with Crippen LogP contribution in [-0.4, -0.2) is 51.2 Å². The highest BCUT2D eigenvalue weighted by Gasteiger charge is 2.48. The van der Waals surface area contributed by atoms with Crippen molar-refractivity contribution in [1.82, 2.24) is 30.0 Å². The molecule has 19 heteroatoms. The maximum atomic E-state index is 13.2. The van der Waals surface area contributed by atoms with Gasteiger partial charge in [0.2, 0.25) is 0 Å². The van der Waals surface area contributed by atoms with Gasteiger partial charge in [0.15, 0.2) is 11.6 Å². The molecule has 3 aromatic rings. The van der Waals surface area contributed by atoms with Crippen molar-refractivity contribution in [3.63, 3.8) is 0 Å². The van der Waals surface area contributed by atoms with E-state index >= 15 is 0 Å². The number of carbonyl (C=O) groups excluding carboxylic acids is 1. The van der Waals surface area contributed by atoms with Crippen LogP contribution in [0.4, 0.5) is 35.1 Å². The minimum absolute atomic E-state index is 0.133. The van der Waals surface area contributed by atoms with Crippen LogP contribution in [0.25, 0.3) is 5.95 Å². The zero-order valence-electron chi connectivity index (χ0n) is 17.9. The molecule has 0 aliphatic carbocycles. The molecule has 0 aliphatic heterocycles. The summed E-state index contributed by atoms with van der Waals surface area (Å²) in [4.78, 5) is 22.1. The summed E-state index contributed by atoms with van der Waals surface area (Å²) in [6.07, 6.45) is -2.58. The Balaban J connectivity index is 1.92. The van der Waals surface area contributed by atoms with Crippen LogP contribution in [-0.2, 0) is 16.0 Å². The van der Waals surface area contributed by atoms with Crippen molar-refractivity contribution in [1.29, 1.82) is 0 Å². The Morgan fingerprint density at radius 2 is 1.65 bits per heavy atom. The number of aromatic nitrogens is 5. The lowest BCUT2D eigenvalue weighted by Crippen LogP contribution is -2.30. The van der Waals surface area contributed by atoms with Crippen LogP contribution in [0.15, 0.2) is 41.8 Å². The highest BCUT2D eigenvalue weighted by molar-refractivity contribution is 7.92. The monoisotopic (exact) mass is 560 g/mol. The molecule has 1 N–H and O–H groups in total. The second-order valence-corrected chi connectivity index (χ2v) is 8.96. The van der Waals surface area contributed by atoms with Gasteiger partial charge in [-0.25, -0.2) is 23.4 Å². The molecule has 0 bridgehead atoms. The number of rotatable bonds is 7. The van der Waals surface area contributed by atoms with Gasteiger partial charge in [0.1, 0.15) is 6.33 Å². The third-order valence-electron chi connectivity index (χ3n) is 4.45. The fourth-order valence-electron chi connectivity index (χ4n) is 2.81. The van der Waals surface area contributed by atoms with Gasteiger partial charge in [-0.05, 0) is 25.1 Å². The first-order valence-electron chi connectivity index (χ1n) is 9.52. The second-order valence-electron chi connectivity index (χ2n) is 7.02. The van der Waals surface area contributed by atoms with Crippen molar-refractivity contribution >= 4 is 15.7 Å². The van der Waals surface area contributed by atoms with E-state index in [1.807, 2.05) is 0 Å². The molecule has 0 saturated carbocycles. The van der Waals surface area contributed by atoms with E-state index in [-0.39, 0.29) is 30.0 Å². The first-order valence-corrected chi connectivity index (χ1v) is 11.0. The van der Waals surface area contributed by atoms with E-state index < -0.39 is 61.9 Å². The molecule has 0 saturated heterocycles. The fourth-order valence-corrected chi connectivity index (χ4v) is 3.64. The summed E-state index contributed by atoms with van der Waals surface area (Å²) >= 11 is 0. The van der Waals surface area contributed by atoms with Crippen LogP contribution in [0, 0.1) is 0 Å². The number of nitrogens with zero attached hydrogens (tertiary/aromatic N) is 5. The van der Waals surface area contributed by atoms with Crippen molar-refractivity contribution in [3.05, 3.63) is 53.9 Å². The van der Waals surface area contributed by atoms with Crippen LogP contribution < -0.4 is 10.1 Å². The first kappa shape index (κ1) is 27.7. The van der Waals surface area contributed by atoms with Crippen LogP contribution in [0.2, 0.25) is 0 Å². The Bertz CT molecular complexity index is 1390. The van der Waals surface area contributed by atoms with E-state index in [2.05, 4.69) is 30.1 Å². The van der Waals surface area contributed by atoms with Crippen LogP contribution in [0.3, 0.4) is 0 Å². The molecule has 2 aromatic heterocycles. The number of halogens is 8. The highest BCUT2D eigenvalue weighted by Crippen LogP contribution is 2.36. The molecule has 2 heterocycles. The average molecular weight is 560 g/mol. The molecule has 1 aromatic carbocycles. The number of nitrogens with one attached hydrogen (secondary N) is 1. The van der Waals surface area contributed by atoms with Gasteiger partial charge in [-0.3, -0.25) is 4.79 Å². The van der Waals surface area contributed by atoms with Crippen molar-refractivity contribution in [3.8, 4) is 11.7 Å². The zero-order valence-corrected chi connectivity index (χ0v) is 18.7. The normalized spacial score (nSPS) is 13.5. The smallest absolute Gasteiger partial charge is 0.432 e. The van der Waals surface area contributed by atoms with Crippen molar-refractivity contribution in [2.75, 3.05) is 0 Å². The third-order valence-corrected chi connectivity index (χ3v) is 5.91. The lowest BCUT2D eigenvalue weighted by molar-refractivity contribution is -0.137. The van der Waals surface area contributed by atoms with Crippen LogP contribution in [0.1, 0.15) is 34.7 Å². The highest BCUT2D eigenvalue weighted by atomic mass is 32.2. The van der Waals surface area contributed by atoms with E-state index in [0.29, 0.717) is 0 Å². The summed E-state index contributed by atoms with van der Waals surface area (Å²) in [6, 6.07) is -1.12. The fraction of sp³-hybridized carbons (Fsp3) is 0.278. The van der Waals surface area contributed by atoms with E-state index in [1.165, 1.54) is 6.92 Å². The number of hydrogen-bond acceptors (Lipinski definition) is 8. The minimum Gasteiger partial charge on any atom is -0.432 e. The number of ether oxygens (including phenoxy) is 1. The molecule has 0 radical (unpaired) electrons. The van der Waals surface area contributed by atoms with Crippen molar-refractivity contribution in [2.24, 2.45) is 0 Å². The topological polar surface area (TPSA) is 129 Å². The Morgan fingerprint density at radius 1 is 1.03 bits per heavy atom. The Hall–Kier alpha value is -3.90. The predicted molar refractivity (Wildman–Crippen MR) is 104 cm³/mol. The molecule has 0 fully saturated rings. The summed E-state index contributed by atoms with van der Waals surface area (Å²) in [5.41, 5.74) is -8.77. The molecule has 1 atom stereocenters. The molecule has 1 unspecified atom stereocenters. The number of sulfone groups is 1. The lowest BCUT2D eigenvalue weighted by Gasteiger charge is -2.16. The van der Waals surface area contributed by atoms with E-state index in [0.717, 1.165) is 23.4 Å². The van der Waals surface area contributed by atoms with E-state index in [9.17, 15) is 48.3 Å². The molecule has 10 nitrogen and oxygen atoms in total. The van der Waals surface area contributed by atoms with Gasteiger partial charge in [0.25, 0.3) is 21.7 Å². The Labute approximate surface area is 201 Å². The van der Waals surface area contributed by atoms with E-state index in [4.69, 9.17) is 0 Å². The number of benzene rings is 1. The molecule has 37 heavy (non-hydrogen) atoms. The van der Waals surface area contributed by atoms with Gasteiger partial charge in [-0.15, -0.1) is 0 Å². The number of amides is 1.